The molecule has 30 heavy (non-hydrogen) atoms. The lowest BCUT2D eigenvalue weighted by atomic mass is 9.82. The summed E-state index contributed by atoms with van der Waals surface area (Å²) in [4.78, 5) is 7.31. The largest absolute Gasteiger partial charge is 0.382 e. The van der Waals surface area contributed by atoms with Gasteiger partial charge in [-0.1, -0.05) is 37.3 Å². The minimum absolute atomic E-state index is 0.526. The van der Waals surface area contributed by atoms with Gasteiger partial charge in [0.2, 0.25) is 0 Å². The van der Waals surface area contributed by atoms with Crippen LogP contribution in [0.4, 0.5) is 0 Å². The third-order valence-electron chi connectivity index (χ3n) is 5.94. The van der Waals surface area contributed by atoms with Crippen molar-refractivity contribution in [3.63, 3.8) is 0 Å². The van der Waals surface area contributed by atoms with Crippen molar-refractivity contribution >= 4 is 5.96 Å². The first-order valence-electron chi connectivity index (χ1n) is 11.1. The number of rotatable bonds is 8. The second-order valence-electron chi connectivity index (χ2n) is 8.07. The van der Waals surface area contributed by atoms with E-state index >= 15 is 0 Å². The van der Waals surface area contributed by atoms with E-state index in [4.69, 9.17) is 9.73 Å². The van der Waals surface area contributed by atoms with E-state index in [2.05, 4.69) is 57.7 Å². The highest BCUT2D eigenvalue weighted by molar-refractivity contribution is 5.80. The highest BCUT2D eigenvalue weighted by Gasteiger charge is 2.28. The van der Waals surface area contributed by atoms with Gasteiger partial charge < -0.3 is 19.5 Å². The van der Waals surface area contributed by atoms with Crippen LogP contribution in [0.15, 0.2) is 35.3 Å². The molecular weight excluding hydrogens is 376 g/mol. The maximum Gasteiger partial charge on any atom is 0.194 e. The van der Waals surface area contributed by atoms with Gasteiger partial charge in [-0.15, -0.1) is 10.2 Å². The number of aryl methyl sites for hydroxylation is 1. The summed E-state index contributed by atoms with van der Waals surface area (Å²) < 4.78 is 7.47. The lowest BCUT2D eigenvalue weighted by Gasteiger charge is -2.39. The first kappa shape index (κ1) is 22.3. The topological polar surface area (TPSA) is 67.6 Å². The van der Waals surface area contributed by atoms with Crippen LogP contribution < -0.4 is 5.32 Å². The second kappa shape index (κ2) is 11.1. The predicted octanol–water partition coefficient (Wildman–Crippen LogP) is 3.12. The number of benzene rings is 1. The minimum Gasteiger partial charge on any atom is -0.382 e. The number of aliphatic imine (C=N–C) groups is 1. The van der Waals surface area contributed by atoms with Crippen molar-refractivity contribution < 1.29 is 4.74 Å². The van der Waals surface area contributed by atoms with Gasteiger partial charge in [-0.25, -0.2) is 4.99 Å². The molecule has 7 nitrogen and oxygen atoms in total. The highest BCUT2D eigenvalue weighted by Crippen LogP contribution is 2.32. The molecule has 7 heteroatoms. The van der Waals surface area contributed by atoms with E-state index < -0.39 is 0 Å². The summed E-state index contributed by atoms with van der Waals surface area (Å²) in [5.41, 5.74) is 1.45. The molecule has 164 valence electrons. The summed E-state index contributed by atoms with van der Waals surface area (Å²) in [7, 11) is 1.99. The summed E-state index contributed by atoms with van der Waals surface area (Å²) in [5, 5.41) is 12.0. The zero-order chi connectivity index (χ0) is 21.3. The Morgan fingerprint density at radius 3 is 2.73 bits per heavy atom. The number of piperidine rings is 1. The van der Waals surface area contributed by atoms with Crippen LogP contribution in [0.5, 0.6) is 0 Å². The Bertz CT molecular complexity index is 803. The molecule has 2 heterocycles. The van der Waals surface area contributed by atoms with Crippen LogP contribution in [0.2, 0.25) is 0 Å². The summed E-state index contributed by atoms with van der Waals surface area (Å²) >= 11 is 0. The van der Waals surface area contributed by atoms with Crippen LogP contribution >= 0.6 is 0 Å². The lowest BCUT2D eigenvalue weighted by molar-refractivity contribution is 0.145. The van der Waals surface area contributed by atoms with E-state index in [0.29, 0.717) is 18.4 Å². The van der Waals surface area contributed by atoms with Gasteiger partial charge in [0, 0.05) is 39.9 Å². The molecule has 2 atom stereocenters. The fourth-order valence-electron chi connectivity index (χ4n) is 4.05. The van der Waals surface area contributed by atoms with Crippen LogP contribution in [0.25, 0.3) is 0 Å². The fourth-order valence-corrected chi connectivity index (χ4v) is 4.05. The SMILES string of the molecule is CCOCCCNC(=NCc1nnc(C)n1C)N1CCC(c2ccccc2)C(C)C1. The Kier molecular flexibility index (Phi) is 8.25. The predicted molar refractivity (Wildman–Crippen MR) is 121 cm³/mol. The van der Waals surface area contributed by atoms with E-state index in [1.807, 2.05) is 25.5 Å². The van der Waals surface area contributed by atoms with E-state index in [-0.39, 0.29) is 0 Å². The maximum atomic E-state index is 5.47. The Hall–Kier alpha value is -2.41. The number of guanidine groups is 1. The van der Waals surface area contributed by atoms with Gasteiger partial charge in [0.05, 0.1) is 0 Å². The highest BCUT2D eigenvalue weighted by atomic mass is 16.5. The van der Waals surface area contributed by atoms with Gasteiger partial charge in [-0.05, 0) is 44.1 Å². The minimum atomic E-state index is 0.526. The van der Waals surface area contributed by atoms with Gasteiger partial charge in [0.1, 0.15) is 12.4 Å². The first-order chi connectivity index (χ1) is 14.6. The summed E-state index contributed by atoms with van der Waals surface area (Å²) in [6.45, 7) is 11.2. The molecule has 3 rings (SSSR count). The Labute approximate surface area is 180 Å². The third kappa shape index (κ3) is 5.81. The molecule has 0 radical (unpaired) electrons. The summed E-state index contributed by atoms with van der Waals surface area (Å²) in [5.74, 6) is 3.92. The molecule has 0 bridgehead atoms. The summed E-state index contributed by atoms with van der Waals surface area (Å²) in [6, 6.07) is 10.9. The van der Waals surface area contributed by atoms with Gasteiger partial charge in [0.15, 0.2) is 11.8 Å². The monoisotopic (exact) mass is 412 g/mol. The number of hydrogen-bond acceptors (Lipinski definition) is 4. The molecule has 1 aromatic heterocycles. The van der Waals surface area contributed by atoms with Crippen molar-refractivity contribution in [2.75, 3.05) is 32.8 Å². The number of aromatic nitrogens is 3. The van der Waals surface area contributed by atoms with Gasteiger partial charge >= 0.3 is 0 Å². The lowest BCUT2D eigenvalue weighted by Crippen LogP contribution is -2.48. The number of ether oxygens (including phenoxy) is 1. The van der Waals surface area contributed by atoms with Gasteiger partial charge in [-0.2, -0.15) is 0 Å². The first-order valence-corrected chi connectivity index (χ1v) is 11.1. The molecule has 2 aromatic rings. The van der Waals surface area contributed by atoms with Crippen LogP contribution in [0, 0.1) is 12.8 Å². The van der Waals surface area contributed by atoms with E-state index in [1.165, 1.54) is 5.56 Å². The van der Waals surface area contributed by atoms with E-state index in [0.717, 1.165) is 63.3 Å². The zero-order valence-corrected chi connectivity index (χ0v) is 18.8. The number of nitrogens with one attached hydrogen (secondary N) is 1. The molecule has 0 spiro atoms. The quantitative estimate of drug-likeness (QED) is 0.410. The van der Waals surface area contributed by atoms with Crippen LogP contribution in [-0.4, -0.2) is 58.5 Å². The van der Waals surface area contributed by atoms with Crippen molar-refractivity contribution in [3.05, 3.63) is 47.5 Å². The number of hydrogen-bond donors (Lipinski definition) is 1. The molecule has 1 aromatic carbocycles. The van der Waals surface area contributed by atoms with Crippen molar-refractivity contribution in [1.29, 1.82) is 0 Å². The molecule has 0 saturated carbocycles. The molecule has 2 unspecified atom stereocenters. The molecule has 1 fully saturated rings. The van der Waals surface area contributed by atoms with Gasteiger partial charge in [-0.3, -0.25) is 0 Å². The van der Waals surface area contributed by atoms with Crippen molar-refractivity contribution in [3.8, 4) is 0 Å². The number of likely N-dealkylation sites (tertiary alicyclic amines) is 1. The fraction of sp³-hybridized carbons (Fsp3) is 0.609. The van der Waals surface area contributed by atoms with Gasteiger partial charge in [0.25, 0.3) is 0 Å². The Balaban J connectivity index is 1.66. The Morgan fingerprint density at radius 2 is 2.07 bits per heavy atom. The van der Waals surface area contributed by atoms with E-state index in [1.54, 1.807) is 0 Å². The standard InChI is InChI=1S/C23H36N6O/c1-5-30-15-9-13-24-23(25-16-22-27-26-19(3)28(22)4)29-14-12-21(18(2)17-29)20-10-7-6-8-11-20/h6-8,10-11,18,21H,5,9,12-17H2,1-4H3,(H,24,25). The molecule has 0 amide bonds. The normalized spacial score (nSPS) is 19.9. The molecule has 1 N–H and O–H groups in total. The third-order valence-corrected chi connectivity index (χ3v) is 5.94. The smallest absolute Gasteiger partial charge is 0.194 e. The zero-order valence-electron chi connectivity index (χ0n) is 18.8. The average molecular weight is 413 g/mol. The molecule has 1 aliphatic rings. The van der Waals surface area contributed by atoms with Crippen molar-refractivity contribution in [2.24, 2.45) is 18.0 Å². The summed E-state index contributed by atoms with van der Waals surface area (Å²) in [6.07, 6.45) is 2.10. The van der Waals surface area contributed by atoms with Crippen molar-refractivity contribution in [2.45, 2.75) is 46.1 Å². The number of nitrogens with zero attached hydrogens (tertiary/aromatic N) is 5. The van der Waals surface area contributed by atoms with Crippen molar-refractivity contribution in [1.82, 2.24) is 25.0 Å². The average Bonchev–Trinajstić information content (AvgIpc) is 3.08. The van der Waals surface area contributed by atoms with Crippen LogP contribution in [0.3, 0.4) is 0 Å². The molecule has 1 aliphatic heterocycles. The molecular formula is C23H36N6O. The maximum absolute atomic E-state index is 5.47. The second-order valence-corrected chi connectivity index (χ2v) is 8.07. The van der Waals surface area contributed by atoms with E-state index in [9.17, 15) is 0 Å². The molecule has 0 aliphatic carbocycles. The Morgan fingerprint density at radius 1 is 1.27 bits per heavy atom. The van der Waals surface area contributed by atoms with Crippen LogP contribution in [0.1, 0.15) is 49.8 Å². The molecule has 1 saturated heterocycles. The van der Waals surface area contributed by atoms with Crippen LogP contribution in [-0.2, 0) is 18.3 Å².